The minimum absolute atomic E-state index is 0. The molecular formula is C4H12NNaO7S2. The molecule has 0 saturated heterocycles. The molecule has 0 aromatic rings. The van der Waals surface area contributed by atoms with Gasteiger partial charge in [0.25, 0.3) is 10.1 Å². The molecule has 4 N–H and O–H groups in total. The Labute approximate surface area is 111 Å². The number of hydrogen-bond acceptors (Lipinski definition) is 7. The monoisotopic (exact) mass is 273 g/mol. The van der Waals surface area contributed by atoms with Gasteiger partial charge in [0.2, 0.25) is 0 Å². The van der Waals surface area contributed by atoms with Crippen molar-refractivity contribution in [2.24, 2.45) is 5.73 Å². The van der Waals surface area contributed by atoms with E-state index in [1.165, 1.54) is 0 Å². The fourth-order valence-corrected chi connectivity index (χ4v) is 0.782. The Balaban J connectivity index is -0.000000180. The molecule has 88 valence electrons. The first kappa shape index (κ1) is 21.1. The van der Waals surface area contributed by atoms with Gasteiger partial charge in [-0.1, -0.05) is 0 Å². The van der Waals surface area contributed by atoms with Crippen LogP contribution in [-0.4, -0.2) is 55.7 Å². The zero-order chi connectivity index (χ0) is 11.8. The standard InChI is InChI=1S/C2H7NO3S.C2H6O4S.Na/c2*3-1-2-7(4,5)6;/h1-3H2,(H,4,5,6);3H,1-2H2,(H,4,5,6);/q;;+1/p-1. The summed E-state index contributed by atoms with van der Waals surface area (Å²) < 4.78 is 55.9. The fourth-order valence-electron chi connectivity index (χ4n) is 0.261. The molecule has 0 unspecified atom stereocenters. The summed E-state index contributed by atoms with van der Waals surface area (Å²) >= 11 is 0. The van der Waals surface area contributed by atoms with Crippen LogP contribution < -0.4 is 35.3 Å². The van der Waals surface area contributed by atoms with E-state index in [2.05, 4.69) is 0 Å². The average molecular weight is 273 g/mol. The van der Waals surface area contributed by atoms with Gasteiger partial charge in [0.15, 0.2) is 0 Å². The van der Waals surface area contributed by atoms with Crippen molar-refractivity contribution in [3.8, 4) is 0 Å². The molecule has 0 bridgehead atoms. The molecule has 0 aromatic carbocycles. The smallest absolute Gasteiger partial charge is 0.748 e. The summed E-state index contributed by atoms with van der Waals surface area (Å²) in [6.45, 7) is -0.620. The molecule has 0 saturated carbocycles. The van der Waals surface area contributed by atoms with Gasteiger partial charge in [-0.15, -0.1) is 0 Å². The Hall–Kier alpha value is 0.740. The summed E-state index contributed by atoms with van der Waals surface area (Å²) in [6, 6.07) is 0. The normalized spacial score (nSPS) is 10.9. The molecule has 8 nitrogen and oxygen atoms in total. The minimum atomic E-state index is -4.17. The van der Waals surface area contributed by atoms with Crippen LogP contribution in [0.1, 0.15) is 0 Å². The van der Waals surface area contributed by atoms with Gasteiger partial charge in [-0.05, 0) is 0 Å². The zero-order valence-electron chi connectivity index (χ0n) is 8.16. The van der Waals surface area contributed by atoms with Crippen molar-refractivity contribution in [1.29, 1.82) is 0 Å². The van der Waals surface area contributed by atoms with Crippen molar-refractivity contribution in [2.45, 2.75) is 0 Å². The van der Waals surface area contributed by atoms with E-state index >= 15 is 0 Å². The quantitative estimate of drug-likeness (QED) is 0.338. The van der Waals surface area contributed by atoms with Crippen LogP contribution in [0.5, 0.6) is 0 Å². The molecule has 0 rings (SSSR count). The summed E-state index contributed by atoms with van der Waals surface area (Å²) in [6.07, 6.45) is 0. The number of hydrogen-bond donors (Lipinski definition) is 3. The van der Waals surface area contributed by atoms with Crippen LogP contribution in [0.15, 0.2) is 0 Å². The molecule has 0 aliphatic rings. The third-order valence-corrected chi connectivity index (χ3v) is 2.15. The predicted octanol–water partition coefficient (Wildman–Crippen LogP) is -5.64. The van der Waals surface area contributed by atoms with E-state index < -0.39 is 32.6 Å². The molecule has 0 spiro atoms. The first-order valence-corrected chi connectivity index (χ1v) is 6.50. The molecule has 0 atom stereocenters. The maximum Gasteiger partial charge on any atom is 1.00 e. The van der Waals surface area contributed by atoms with Gasteiger partial charge in [-0.25, -0.2) is 8.42 Å². The number of aliphatic hydroxyl groups excluding tert-OH is 1. The topological polar surface area (TPSA) is 158 Å². The SMILES string of the molecule is NCCS(=O)(=O)O.O=S(=O)([O-])CCO.[Na+]. The van der Waals surface area contributed by atoms with E-state index in [9.17, 15) is 21.4 Å². The summed E-state index contributed by atoms with van der Waals surface area (Å²) in [7, 11) is -7.97. The molecule has 0 heterocycles. The molecule has 0 amide bonds. The molecule has 0 fully saturated rings. The van der Waals surface area contributed by atoms with E-state index in [1.54, 1.807) is 0 Å². The fraction of sp³-hybridized carbons (Fsp3) is 1.00. The molecule has 0 radical (unpaired) electrons. The predicted molar refractivity (Wildman–Crippen MR) is 47.1 cm³/mol. The number of rotatable bonds is 4. The molecular weight excluding hydrogens is 261 g/mol. The number of aliphatic hydroxyl groups is 1. The van der Waals surface area contributed by atoms with Crippen LogP contribution in [0.25, 0.3) is 0 Å². The van der Waals surface area contributed by atoms with Gasteiger partial charge < -0.3 is 15.4 Å². The van der Waals surface area contributed by atoms with E-state index in [0.29, 0.717) is 0 Å². The van der Waals surface area contributed by atoms with Gasteiger partial charge in [0, 0.05) is 6.54 Å². The minimum Gasteiger partial charge on any atom is -0.748 e. The van der Waals surface area contributed by atoms with Crippen LogP contribution in [-0.2, 0) is 20.2 Å². The van der Waals surface area contributed by atoms with Gasteiger partial charge >= 0.3 is 29.6 Å². The van der Waals surface area contributed by atoms with Crippen molar-refractivity contribution in [1.82, 2.24) is 0 Å². The Bertz CT molecular complexity index is 289. The third-order valence-electron chi connectivity index (χ3n) is 0.717. The molecule has 15 heavy (non-hydrogen) atoms. The van der Waals surface area contributed by atoms with E-state index in [-0.39, 0.29) is 41.9 Å². The van der Waals surface area contributed by atoms with Gasteiger partial charge in [-0.3, -0.25) is 4.55 Å². The molecule has 0 aliphatic carbocycles. The zero-order valence-corrected chi connectivity index (χ0v) is 11.8. The van der Waals surface area contributed by atoms with Gasteiger partial charge in [0.05, 0.1) is 28.2 Å². The summed E-state index contributed by atoms with van der Waals surface area (Å²) in [5, 5.41) is 7.82. The van der Waals surface area contributed by atoms with Crippen molar-refractivity contribution in [3.05, 3.63) is 0 Å². The first-order valence-electron chi connectivity index (χ1n) is 3.32. The van der Waals surface area contributed by atoms with Gasteiger partial charge in [0.1, 0.15) is 0 Å². The maximum atomic E-state index is 9.71. The largest absolute Gasteiger partial charge is 1.00 e. The summed E-state index contributed by atoms with van der Waals surface area (Å²) in [5.74, 6) is -1.04. The van der Waals surface area contributed by atoms with E-state index in [4.69, 9.17) is 15.4 Å². The van der Waals surface area contributed by atoms with Crippen LogP contribution in [0.3, 0.4) is 0 Å². The first-order chi connectivity index (χ1) is 6.12. The van der Waals surface area contributed by atoms with Crippen LogP contribution in [0.2, 0.25) is 0 Å². The molecule has 0 aliphatic heterocycles. The Kier molecular flexibility index (Phi) is 13.9. The van der Waals surface area contributed by atoms with Crippen LogP contribution in [0.4, 0.5) is 0 Å². The number of nitrogens with two attached hydrogens (primary N) is 1. The van der Waals surface area contributed by atoms with Crippen LogP contribution >= 0.6 is 0 Å². The van der Waals surface area contributed by atoms with Crippen molar-refractivity contribution >= 4 is 20.2 Å². The van der Waals surface area contributed by atoms with Crippen LogP contribution in [0, 0.1) is 0 Å². The van der Waals surface area contributed by atoms with Gasteiger partial charge in [-0.2, -0.15) is 8.42 Å². The Morgan fingerprint density at radius 1 is 1.13 bits per heavy atom. The molecule has 11 heteroatoms. The second-order valence-corrected chi connectivity index (χ2v) is 5.16. The third kappa shape index (κ3) is 31.3. The average Bonchev–Trinajstić information content (AvgIpc) is 1.81. The molecule has 0 aromatic heterocycles. The van der Waals surface area contributed by atoms with E-state index in [1.807, 2.05) is 0 Å². The summed E-state index contributed by atoms with van der Waals surface area (Å²) in [5.41, 5.74) is 4.78. The van der Waals surface area contributed by atoms with Crippen molar-refractivity contribution in [2.75, 3.05) is 24.7 Å². The maximum absolute atomic E-state index is 9.71. The van der Waals surface area contributed by atoms with Crippen molar-refractivity contribution < 1.29 is 60.6 Å². The second kappa shape index (κ2) is 9.93. The van der Waals surface area contributed by atoms with Crippen molar-refractivity contribution in [3.63, 3.8) is 0 Å². The summed E-state index contributed by atoms with van der Waals surface area (Å²) in [4.78, 5) is 0. The second-order valence-electron chi connectivity index (χ2n) is 2.06. The Morgan fingerprint density at radius 3 is 1.53 bits per heavy atom. The van der Waals surface area contributed by atoms with E-state index in [0.717, 1.165) is 0 Å². The Morgan fingerprint density at radius 2 is 1.53 bits per heavy atom.